The third-order valence-corrected chi connectivity index (χ3v) is 4.34. The summed E-state index contributed by atoms with van der Waals surface area (Å²) in [5, 5.41) is 5.64. The van der Waals surface area contributed by atoms with Crippen LogP contribution in [0.3, 0.4) is 0 Å². The average Bonchev–Trinajstić information content (AvgIpc) is 3.04. The van der Waals surface area contributed by atoms with E-state index in [1.807, 2.05) is 38.1 Å². The van der Waals surface area contributed by atoms with Gasteiger partial charge in [0.15, 0.2) is 0 Å². The van der Waals surface area contributed by atoms with Crippen LogP contribution in [-0.2, 0) is 4.79 Å². The summed E-state index contributed by atoms with van der Waals surface area (Å²) in [6.07, 6.45) is 0.268. The summed E-state index contributed by atoms with van der Waals surface area (Å²) in [5.41, 5.74) is 1.46. The minimum absolute atomic E-state index is 0.0180. The first-order valence-electron chi connectivity index (χ1n) is 9.42. The van der Waals surface area contributed by atoms with E-state index in [0.717, 1.165) is 17.2 Å². The Morgan fingerprint density at radius 3 is 2.14 bits per heavy atom. The maximum atomic E-state index is 12.3. The number of benzene rings is 2. The van der Waals surface area contributed by atoms with Gasteiger partial charge in [0.25, 0.3) is 0 Å². The highest BCUT2D eigenvalue weighted by molar-refractivity contribution is 5.97. The molecule has 1 atom stereocenters. The fourth-order valence-corrected chi connectivity index (χ4v) is 3.10. The zero-order chi connectivity index (χ0) is 19.9. The molecule has 1 aliphatic heterocycles. The summed E-state index contributed by atoms with van der Waals surface area (Å²) < 4.78 is 10.8. The van der Waals surface area contributed by atoms with Crippen molar-refractivity contribution in [2.24, 2.45) is 0 Å². The molecule has 0 aromatic heterocycles. The molecule has 7 nitrogen and oxygen atoms in total. The van der Waals surface area contributed by atoms with Crippen LogP contribution >= 0.6 is 0 Å². The van der Waals surface area contributed by atoms with Crippen LogP contribution in [0.1, 0.15) is 20.3 Å². The highest BCUT2D eigenvalue weighted by Crippen LogP contribution is 2.24. The van der Waals surface area contributed by atoms with Crippen LogP contribution in [-0.4, -0.2) is 37.7 Å². The summed E-state index contributed by atoms with van der Waals surface area (Å²) >= 11 is 0. The van der Waals surface area contributed by atoms with E-state index in [0.29, 0.717) is 25.4 Å². The Bertz CT molecular complexity index is 805. The molecule has 0 bridgehead atoms. The molecule has 3 rings (SSSR count). The largest absolute Gasteiger partial charge is 0.494 e. The lowest BCUT2D eigenvalue weighted by atomic mass is 10.2. The number of hydrogen-bond acceptors (Lipinski definition) is 4. The van der Waals surface area contributed by atoms with Crippen molar-refractivity contribution in [3.05, 3.63) is 48.5 Å². The predicted octanol–water partition coefficient (Wildman–Crippen LogP) is 3.41. The lowest BCUT2D eigenvalue weighted by molar-refractivity contribution is -0.117. The van der Waals surface area contributed by atoms with E-state index < -0.39 is 0 Å². The van der Waals surface area contributed by atoms with Gasteiger partial charge in [0.1, 0.15) is 11.5 Å². The minimum Gasteiger partial charge on any atom is -0.494 e. The van der Waals surface area contributed by atoms with Crippen LogP contribution in [0, 0.1) is 0 Å². The molecule has 3 amide bonds. The van der Waals surface area contributed by atoms with Gasteiger partial charge in [0, 0.05) is 24.3 Å². The van der Waals surface area contributed by atoms with Crippen molar-refractivity contribution >= 4 is 23.3 Å². The minimum atomic E-state index is -0.337. The van der Waals surface area contributed by atoms with Crippen molar-refractivity contribution in [1.82, 2.24) is 5.32 Å². The van der Waals surface area contributed by atoms with Gasteiger partial charge in [-0.1, -0.05) is 0 Å². The van der Waals surface area contributed by atoms with Crippen LogP contribution in [0.25, 0.3) is 0 Å². The van der Waals surface area contributed by atoms with Crippen molar-refractivity contribution in [2.75, 3.05) is 30.0 Å². The maximum Gasteiger partial charge on any atom is 0.319 e. The first-order chi connectivity index (χ1) is 13.6. The molecule has 2 aromatic carbocycles. The molecule has 1 heterocycles. The number of carbonyl (C=O) groups is 2. The Hall–Kier alpha value is -3.22. The number of rotatable bonds is 7. The summed E-state index contributed by atoms with van der Waals surface area (Å²) in [4.78, 5) is 26.3. The third-order valence-electron chi connectivity index (χ3n) is 4.34. The molecule has 2 N–H and O–H groups in total. The number of anilines is 2. The quantitative estimate of drug-likeness (QED) is 0.768. The van der Waals surface area contributed by atoms with Gasteiger partial charge in [-0.05, 0) is 62.4 Å². The Balaban J connectivity index is 1.53. The second kappa shape index (κ2) is 9.12. The lowest BCUT2D eigenvalue weighted by Crippen LogP contribution is -2.39. The Morgan fingerprint density at radius 2 is 1.57 bits per heavy atom. The molecule has 0 aliphatic carbocycles. The Kier molecular flexibility index (Phi) is 6.37. The molecule has 1 saturated heterocycles. The summed E-state index contributed by atoms with van der Waals surface area (Å²) in [6.45, 7) is 5.46. The van der Waals surface area contributed by atoms with E-state index >= 15 is 0 Å². The van der Waals surface area contributed by atoms with Crippen molar-refractivity contribution in [3.63, 3.8) is 0 Å². The predicted molar refractivity (Wildman–Crippen MR) is 108 cm³/mol. The van der Waals surface area contributed by atoms with Crippen molar-refractivity contribution in [3.8, 4) is 11.5 Å². The lowest BCUT2D eigenvalue weighted by Gasteiger charge is -2.18. The molecule has 1 aliphatic rings. The van der Waals surface area contributed by atoms with Crippen LogP contribution in [0.5, 0.6) is 11.5 Å². The number of nitrogens with one attached hydrogen (secondary N) is 2. The number of carbonyl (C=O) groups excluding carboxylic acids is 2. The summed E-state index contributed by atoms with van der Waals surface area (Å²) in [5.74, 6) is 1.50. The normalized spacial score (nSPS) is 16.0. The Labute approximate surface area is 164 Å². The number of amides is 3. The summed E-state index contributed by atoms with van der Waals surface area (Å²) in [7, 11) is 0. The zero-order valence-electron chi connectivity index (χ0n) is 16.1. The number of ether oxygens (including phenoxy) is 2. The van der Waals surface area contributed by atoms with E-state index in [9.17, 15) is 9.59 Å². The molecule has 1 fully saturated rings. The van der Waals surface area contributed by atoms with Crippen molar-refractivity contribution < 1.29 is 19.1 Å². The molecule has 2 aromatic rings. The smallest absolute Gasteiger partial charge is 0.319 e. The Morgan fingerprint density at radius 1 is 1.00 bits per heavy atom. The van der Waals surface area contributed by atoms with Crippen LogP contribution < -0.4 is 25.0 Å². The van der Waals surface area contributed by atoms with E-state index in [2.05, 4.69) is 10.6 Å². The standard InChI is InChI=1S/C21H25N3O4/c1-3-27-18-9-5-15(6-10-18)22-21(26)23-16-13-20(25)24(14-16)17-7-11-19(12-8-17)28-4-2/h5-12,16H,3-4,13-14H2,1-2H3,(H2,22,23,26)/t16-/m0/s1. The SMILES string of the molecule is CCOc1ccc(NC(=O)N[C@H]2CC(=O)N(c3ccc(OCC)cc3)C2)cc1. The molecule has 148 valence electrons. The van der Waals surface area contributed by atoms with Crippen molar-refractivity contribution in [2.45, 2.75) is 26.3 Å². The van der Waals surface area contributed by atoms with E-state index in [4.69, 9.17) is 9.47 Å². The van der Waals surface area contributed by atoms with Gasteiger partial charge < -0.3 is 25.0 Å². The first-order valence-corrected chi connectivity index (χ1v) is 9.42. The maximum absolute atomic E-state index is 12.3. The molecular weight excluding hydrogens is 358 g/mol. The molecule has 0 saturated carbocycles. The number of hydrogen-bond donors (Lipinski definition) is 2. The third kappa shape index (κ3) is 4.94. The van der Waals surface area contributed by atoms with Crippen LogP contribution in [0.15, 0.2) is 48.5 Å². The summed E-state index contributed by atoms with van der Waals surface area (Å²) in [6, 6.07) is 13.9. The van der Waals surface area contributed by atoms with Gasteiger partial charge in [0.05, 0.1) is 19.3 Å². The average molecular weight is 383 g/mol. The van der Waals surface area contributed by atoms with Gasteiger partial charge in [-0.2, -0.15) is 0 Å². The zero-order valence-corrected chi connectivity index (χ0v) is 16.1. The van der Waals surface area contributed by atoms with Crippen LogP contribution in [0.4, 0.5) is 16.2 Å². The first kappa shape index (κ1) is 19.5. The molecule has 0 spiro atoms. The fourth-order valence-electron chi connectivity index (χ4n) is 3.10. The van der Waals surface area contributed by atoms with E-state index in [1.54, 1.807) is 29.2 Å². The molecule has 7 heteroatoms. The van der Waals surface area contributed by atoms with Gasteiger partial charge in [0.2, 0.25) is 5.91 Å². The topological polar surface area (TPSA) is 79.9 Å². The monoisotopic (exact) mass is 383 g/mol. The van der Waals surface area contributed by atoms with Gasteiger partial charge in [-0.15, -0.1) is 0 Å². The fraction of sp³-hybridized carbons (Fsp3) is 0.333. The molecule has 28 heavy (non-hydrogen) atoms. The van der Waals surface area contributed by atoms with E-state index in [-0.39, 0.29) is 24.4 Å². The molecular formula is C21H25N3O4. The highest BCUT2D eigenvalue weighted by atomic mass is 16.5. The van der Waals surface area contributed by atoms with Gasteiger partial charge >= 0.3 is 6.03 Å². The number of nitrogens with zero attached hydrogens (tertiary/aromatic N) is 1. The number of urea groups is 1. The second-order valence-corrected chi connectivity index (χ2v) is 6.39. The molecule has 0 radical (unpaired) electrons. The second-order valence-electron chi connectivity index (χ2n) is 6.39. The highest BCUT2D eigenvalue weighted by Gasteiger charge is 2.31. The van der Waals surface area contributed by atoms with Gasteiger partial charge in [-0.3, -0.25) is 4.79 Å². The van der Waals surface area contributed by atoms with Crippen LogP contribution in [0.2, 0.25) is 0 Å². The van der Waals surface area contributed by atoms with Gasteiger partial charge in [-0.25, -0.2) is 4.79 Å². The van der Waals surface area contributed by atoms with E-state index in [1.165, 1.54) is 0 Å². The van der Waals surface area contributed by atoms with Crippen molar-refractivity contribution in [1.29, 1.82) is 0 Å². The molecule has 0 unspecified atom stereocenters.